The van der Waals surface area contributed by atoms with Crippen LogP contribution in [0.5, 0.6) is 0 Å². The van der Waals surface area contributed by atoms with Crippen molar-refractivity contribution in [3.05, 3.63) is 77.2 Å². The van der Waals surface area contributed by atoms with Crippen LogP contribution in [0.1, 0.15) is 38.9 Å². The number of carbonyl (C=O) groups is 2. The zero-order chi connectivity index (χ0) is 20.8. The summed E-state index contributed by atoms with van der Waals surface area (Å²) >= 11 is 0. The molecule has 0 fully saturated rings. The highest BCUT2D eigenvalue weighted by atomic mass is 16.5. The summed E-state index contributed by atoms with van der Waals surface area (Å²) in [6.07, 6.45) is 2.90. The summed E-state index contributed by atoms with van der Waals surface area (Å²) in [5.41, 5.74) is 4.17. The molecule has 1 heterocycles. The maximum absolute atomic E-state index is 12.5. The lowest BCUT2D eigenvalue weighted by Gasteiger charge is -2.11. The molecule has 0 aliphatic heterocycles. The molecule has 0 radical (unpaired) electrons. The first-order valence-electron chi connectivity index (χ1n) is 9.21. The average molecular weight is 390 g/mol. The highest BCUT2D eigenvalue weighted by Gasteiger charge is 2.12. The number of nitrogens with zero attached hydrogens (tertiary/aromatic N) is 2. The minimum absolute atomic E-state index is 0.218. The van der Waals surface area contributed by atoms with Gasteiger partial charge in [-0.1, -0.05) is 18.2 Å². The Hall–Kier alpha value is -3.74. The van der Waals surface area contributed by atoms with E-state index in [0.29, 0.717) is 18.0 Å². The monoisotopic (exact) mass is 390 g/mol. The second-order valence-corrected chi connectivity index (χ2v) is 6.43. The van der Waals surface area contributed by atoms with Gasteiger partial charge >= 0.3 is 5.97 Å². The van der Waals surface area contributed by atoms with Gasteiger partial charge in [-0.3, -0.25) is 4.79 Å². The molecule has 3 aromatic rings. The van der Waals surface area contributed by atoms with Crippen LogP contribution in [0.25, 0.3) is 0 Å². The summed E-state index contributed by atoms with van der Waals surface area (Å²) in [6.45, 7) is 5.97. The summed E-state index contributed by atoms with van der Waals surface area (Å²) in [4.78, 5) is 32.6. The second kappa shape index (κ2) is 8.97. The minimum Gasteiger partial charge on any atom is -0.462 e. The van der Waals surface area contributed by atoms with E-state index >= 15 is 0 Å². The number of carbonyl (C=O) groups excluding carboxylic acids is 2. The van der Waals surface area contributed by atoms with Crippen LogP contribution in [0.4, 0.5) is 17.2 Å². The van der Waals surface area contributed by atoms with Crippen LogP contribution in [0.15, 0.2) is 54.9 Å². The predicted molar refractivity (Wildman–Crippen MR) is 112 cm³/mol. The fraction of sp³-hybridized carbons (Fsp3) is 0.182. The Morgan fingerprint density at radius 2 is 1.66 bits per heavy atom. The molecule has 0 saturated carbocycles. The number of ether oxygens (including phenoxy) is 1. The number of aromatic nitrogens is 2. The molecule has 2 aromatic carbocycles. The molecular weight excluding hydrogens is 368 g/mol. The Labute approximate surface area is 169 Å². The molecule has 0 atom stereocenters. The molecule has 0 saturated heterocycles. The molecule has 148 valence electrons. The Bertz CT molecular complexity index is 995. The van der Waals surface area contributed by atoms with Gasteiger partial charge in [0, 0.05) is 11.4 Å². The molecular formula is C22H22N4O3. The number of amides is 1. The van der Waals surface area contributed by atoms with Crippen molar-refractivity contribution in [3.8, 4) is 0 Å². The highest BCUT2D eigenvalue weighted by molar-refractivity contribution is 6.03. The van der Waals surface area contributed by atoms with Crippen molar-refractivity contribution in [1.82, 2.24) is 9.97 Å². The molecule has 0 spiro atoms. The van der Waals surface area contributed by atoms with Crippen molar-refractivity contribution in [2.75, 3.05) is 17.2 Å². The Kier molecular flexibility index (Phi) is 6.19. The van der Waals surface area contributed by atoms with Crippen LogP contribution in [0.2, 0.25) is 0 Å². The maximum Gasteiger partial charge on any atom is 0.338 e. The average Bonchev–Trinajstić information content (AvgIpc) is 2.72. The number of rotatable bonds is 6. The SMILES string of the molecule is CCOC(=O)c1ccc(Nc2cnc(C(=O)Nc3c(C)cccc3C)cn2)cc1. The zero-order valence-corrected chi connectivity index (χ0v) is 16.5. The molecule has 0 unspecified atom stereocenters. The standard InChI is InChI=1S/C22H22N4O3/c1-4-29-22(28)16-8-10-17(11-9-16)25-19-13-23-18(12-24-19)21(27)26-20-14(2)6-5-7-15(20)3/h5-13H,4H2,1-3H3,(H,24,25)(H,26,27). The number of nitrogens with one attached hydrogen (secondary N) is 2. The van der Waals surface area contributed by atoms with Crippen LogP contribution < -0.4 is 10.6 Å². The van der Waals surface area contributed by atoms with Crippen molar-refractivity contribution in [2.24, 2.45) is 0 Å². The number of hydrogen-bond acceptors (Lipinski definition) is 6. The number of hydrogen-bond donors (Lipinski definition) is 2. The number of benzene rings is 2. The number of aryl methyl sites for hydroxylation is 2. The minimum atomic E-state index is -0.363. The smallest absolute Gasteiger partial charge is 0.338 e. The molecule has 7 heteroatoms. The lowest BCUT2D eigenvalue weighted by atomic mass is 10.1. The third kappa shape index (κ3) is 4.95. The lowest BCUT2D eigenvalue weighted by Crippen LogP contribution is -2.15. The predicted octanol–water partition coefficient (Wildman–Crippen LogP) is 4.27. The molecule has 0 aliphatic carbocycles. The number of esters is 1. The van der Waals surface area contributed by atoms with Gasteiger partial charge in [0.1, 0.15) is 11.5 Å². The van der Waals surface area contributed by atoms with Crippen LogP contribution in [-0.4, -0.2) is 28.5 Å². The fourth-order valence-electron chi connectivity index (χ4n) is 2.75. The first-order valence-corrected chi connectivity index (χ1v) is 9.21. The summed E-state index contributed by atoms with van der Waals surface area (Å²) in [7, 11) is 0. The lowest BCUT2D eigenvalue weighted by molar-refractivity contribution is 0.0526. The second-order valence-electron chi connectivity index (χ2n) is 6.43. The van der Waals surface area contributed by atoms with E-state index in [2.05, 4.69) is 20.6 Å². The van der Waals surface area contributed by atoms with Gasteiger partial charge in [-0.15, -0.1) is 0 Å². The van der Waals surface area contributed by atoms with Crippen molar-refractivity contribution in [3.63, 3.8) is 0 Å². The normalized spacial score (nSPS) is 10.3. The molecule has 2 N–H and O–H groups in total. The van der Waals surface area contributed by atoms with Crippen LogP contribution in [0, 0.1) is 13.8 Å². The first-order chi connectivity index (χ1) is 14.0. The third-order valence-electron chi connectivity index (χ3n) is 4.27. The van der Waals surface area contributed by atoms with E-state index in [1.807, 2.05) is 32.0 Å². The molecule has 1 aromatic heterocycles. The van der Waals surface area contributed by atoms with Crippen LogP contribution >= 0.6 is 0 Å². The first kappa shape index (κ1) is 20.0. The molecule has 1 amide bonds. The quantitative estimate of drug-likeness (QED) is 0.611. The van der Waals surface area contributed by atoms with Gasteiger partial charge in [-0.2, -0.15) is 0 Å². The fourth-order valence-corrected chi connectivity index (χ4v) is 2.75. The van der Waals surface area contributed by atoms with Gasteiger partial charge in [0.05, 0.1) is 24.6 Å². The summed E-state index contributed by atoms with van der Waals surface area (Å²) < 4.78 is 4.96. The van der Waals surface area contributed by atoms with Crippen molar-refractivity contribution < 1.29 is 14.3 Å². The molecule has 0 bridgehead atoms. The van der Waals surface area contributed by atoms with E-state index in [9.17, 15) is 9.59 Å². The van der Waals surface area contributed by atoms with E-state index < -0.39 is 0 Å². The Balaban J connectivity index is 1.65. The van der Waals surface area contributed by atoms with E-state index in [4.69, 9.17) is 4.74 Å². The van der Waals surface area contributed by atoms with Crippen molar-refractivity contribution >= 4 is 29.1 Å². The van der Waals surface area contributed by atoms with Gasteiger partial charge < -0.3 is 15.4 Å². The van der Waals surface area contributed by atoms with E-state index in [1.165, 1.54) is 12.4 Å². The van der Waals surface area contributed by atoms with Gasteiger partial charge in [-0.25, -0.2) is 14.8 Å². The van der Waals surface area contributed by atoms with E-state index in [-0.39, 0.29) is 17.6 Å². The Morgan fingerprint density at radius 3 is 2.24 bits per heavy atom. The molecule has 0 aliphatic rings. The summed E-state index contributed by atoms with van der Waals surface area (Å²) in [5.74, 6) is -0.198. The largest absolute Gasteiger partial charge is 0.462 e. The number of para-hydroxylation sites is 1. The van der Waals surface area contributed by atoms with E-state index in [1.54, 1.807) is 31.2 Å². The third-order valence-corrected chi connectivity index (χ3v) is 4.27. The van der Waals surface area contributed by atoms with E-state index in [0.717, 1.165) is 22.5 Å². The highest BCUT2D eigenvalue weighted by Crippen LogP contribution is 2.20. The Morgan fingerprint density at radius 1 is 0.966 bits per heavy atom. The van der Waals surface area contributed by atoms with Gasteiger partial charge in [0.2, 0.25) is 0 Å². The summed E-state index contributed by atoms with van der Waals surface area (Å²) in [5, 5.41) is 5.96. The van der Waals surface area contributed by atoms with Crippen molar-refractivity contribution in [1.29, 1.82) is 0 Å². The number of anilines is 3. The van der Waals surface area contributed by atoms with Crippen LogP contribution in [-0.2, 0) is 4.74 Å². The maximum atomic E-state index is 12.5. The molecule has 3 rings (SSSR count). The van der Waals surface area contributed by atoms with Gasteiger partial charge in [-0.05, 0) is 56.2 Å². The van der Waals surface area contributed by atoms with Crippen LogP contribution in [0.3, 0.4) is 0 Å². The van der Waals surface area contributed by atoms with Gasteiger partial charge in [0.25, 0.3) is 5.91 Å². The molecule has 7 nitrogen and oxygen atoms in total. The van der Waals surface area contributed by atoms with Gasteiger partial charge in [0.15, 0.2) is 0 Å². The van der Waals surface area contributed by atoms with Crippen molar-refractivity contribution in [2.45, 2.75) is 20.8 Å². The zero-order valence-electron chi connectivity index (χ0n) is 16.5. The topological polar surface area (TPSA) is 93.2 Å². The molecule has 29 heavy (non-hydrogen) atoms. The summed E-state index contributed by atoms with van der Waals surface area (Å²) in [6, 6.07) is 12.6.